The van der Waals surface area contributed by atoms with E-state index < -0.39 is 21.6 Å². The van der Waals surface area contributed by atoms with Crippen LogP contribution < -0.4 is 0 Å². The highest BCUT2D eigenvalue weighted by molar-refractivity contribution is 7.91. The van der Waals surface area contributed by atoms with Crippen LogP contribution in [0.1, 0.15) is 12.6 Å². The van der Waals surface area contributed by atoms with Crippen molar-refractivity contribution in [1.82, 2.24) is 9.55 Å². The van der Waals surface area contributed by atoms with Crippen molar-refractivity contribution in [2.24, 2.45) is 0 Å². The van der Waals surface area contributed by atoms with Crippen LogP contribution in [-0.2, 0) is 15.9 Å². The Hall–Kier alpha value is -2.30. The lowest BCUT2D eigenvalue weighted by molar-refractivity contribution is -0.211. The first-order valence-corrected chi connectivity index (χ1v) is 12.8. The van der Waals surface area contributed by atoms with Gasteiger partial charge in [-0.25, -0.2) is 13.4 Å². The van der Waals surface area contributed by atoms with Crippen molar-refractivity contribution in [2.45, 2.75) is 17.9 Å². The van der Waals surface area contributed by atoms with E-state index in [1.807, 2.05) is 0 Å². The van der Waals surface area contributed by atoms with Crippen LogP contribution in [0, 0.1) is 0 Å². The summed E-state index contributed by atoms with van der Waals surface area (Å²) in [5.41, 5.74) is 0.0339. The third kappa shape index (κ3) is 4.69. The third-order valence-electron chi connectivity index (χ3n) is 4.88. The second-order valence-corrected chi connectivity index (χ2v) is 11.2. The second-order valence-electron chi connectivity index (χ2n) is 7.03. The van der Waals surface area contributed by atoms with E-state index in [1.54, 1.807) is 55.5 Å². The van der Waals surface area contributed by atoms with Gasteiger partial charge in [0.15, 0.2) is 21.4 Å². The van der Waals surface area contributed by atoms with Gasteiger partial charge in [-0.2, -0.15) is 8.78 Å². The highest BCUT2D eigenvalue weighted by Gasteiger charge is 2.33. The summed E-state index contributed by atoms with van der Waals surface area (Å²) < 4.78 is 53.2. The number of imidazole rings is 1. The van der Waals surface area contributed by atoms with Crippen molar-refractivity contribution in [3.05, 3.63) is 76.5 Å². The quantitative estimate of drug-likeness (QED) is 0.313. The summed E-state index contributed by atoms with van der Waals surface area (Å²) in [6.07, 6.45) is -3.19. The number of nitrogens with zero attached hydrogens (tertiary/aromatic N) is 2. The number of aromatic nitrogens is 2. The lowest BCUT2D eigenvalue weighted by Crippen LogP contribution is -2.11. The van der Waals surface area contributed by atoms with Crippen molar-refractivity contribution < 1.29 is 22.3 Å². The molecule has 2 heterocycles. The van der Waals surface area contributed by atoms with Gasteiger partial charge in [-0.1, -0.05) is 48.3 Å². The topological polar surface area (TPSA) is 72.2 Å². The Morgan fingerprint density at radius 3 is 2.33 bits per heavy atom. The van der Waals surface area contributed by atoms with Crippen LogP contribution in [0.15, 0.2) is 65.7 Å². The van der Waals surface area contributed by atoms with Gasteiger partial charge < -0.3 is 5.11 Å². The fraction of sp³-hybridized carbons (Fsp3) is 0.136. The molecule has 4 aromatic rings. The molecule has 0 saturated carbocycles. The van der Waals surface area contributed by atoms with Crippen LogP contribution in [-0.4, -0.2) is 28.8 Å². The number of hydrogen-bond acceptors (Lipinski definition) is 5. The molecular formula is C22H16Cl2F2N2O3S2. The minimum Gasteiger partial charge on any atom is -0.331 e. The average Bonchev–Trinajstić information content (AvgIpc) is 3.41. The summed E-state index contributed by atoms with van der Waals surface area (Å²) in [6.45, 7) is 1.57. The van der Waals surface area contributed by atoms with Crippen LogP contribution >= 0.6 is 34.5 Å². The van der Waals surface area contributed by atoms with Crippen LogP contribution in [0.5, 0.6) is 0 Å². The van der Waals surface area contributed by atoms with Crippen molar-refractivity contribution in [1.29, 1.82) is 0 Å². The maximum absolute atomic E-state index is 13.7. The number of para-hydroxylation sites is 1. The van der Waals surface area contributed by atoms with Crippen molar-refractivity contribution >= 4 is 44.4 Å². The lowest BCUT2D eigenvalue weighted by Gasteiger charge is -2.10. The molecule has 0 amide bonds. The minimum atomic E-state index is -4.17. The number of thiophene rings is 1. The van der Waals surface area contributed by atoms with Gasteiger partial charge in [-0.3, -0.25) is 4.57 Å². The molecule has 2 aromatic carbocycles. The predicted molar refractivity (Wildman–Crippen MR) is 126 cm³/mol. The van der Waals surface area contributed by atoms with E-state index in [0.717, 1.165) is 6.20 Å². The average molecular weight is 529 g/mol. The molecule has 2 aromatic heterocycles. The van der Waals surface area contributed by atoms with Crippen LogP contribution in [0.2, 0.25) is 10.0 Å². The zero-order chi connectivity index (χ0) is 24.0. The largest absolute Gasteiger partial charge is 0.399 e. The molecule has 0 radical (unpaired) electrons. The molecule has 0 aliphatic heterocycles. The number of hydrogen-bond donors (Lipinski definition) is 1. The van der Waals surface area contributed by atoms with Gasteiger partial charge in [0.25, 0.3) is 0 Å². The van der Waals surface area contributed by atoms with E-state index in [-0.39, 0.29) is 32.2 Å². The zero-order valence-electron chi connectivity index (χ0n) is 17.0. The molecule has 0 bridgehead atoms. The van der Waals surface area contributed by atoms with Gasteiger partial charge >= 0.3 is 6.11 Å². The first-order chi connectivity index (χ1) is 15.5. The number of rotatable bonds is 6. The van der Waals surface area contributed by atoms with Crippen molar-refractivity contribution in [2.75, 3.05) is 5.75 Å². The Labute approximate surface area is 202 Å². The molecule has 11 heteroatoms. The molecule has 172 valence electrons. The molecule has 33 heavy (non-hydrogen) atoms. The number of alkyl halides is 2. The Kier molecular flexibility index (Phi) is 6.36. The summed E-state index contributed by atoms with van der Waals surface area (Å²) in [5, 5.41) is 9.67. The summed E-state index contributed by atoms with van der Waals surface area (Å²) in [4.78, 5) is 5.34. The maximum Gasteiger partial charge on any atom is 0.399 e. The van der Waals surface area contributed by atoms with Crippen LogP contribution in [0.25, 0.3) is 26.8 Å². The number of aliphatic hydroxyl groups is 1. The molecular weight excluding hydrogens is 513 g/mol. The van der Waals surface area contributed by atoms with Crippen LogP contribution in [0.3, 0.4) is 0 Å². The molecule has 5 nitrogen and oxygen atoms in total. The molecule has 1 N–H and O–H groups in total. The number of benzene rings is 2. The molecule has 0 atom stereocenters. The summed E-state index contributed by atoms with van der Waals surface area (Å²) >= 11 is 13.8. The Morgan fingerprint density at radius 1 is 1.06 bits per heavy atom. The van der Waals surface area contributed by atoms with E-state index in [1.165, 1.54) is 22.0 Å². The van der Waals surface area contributed by atoms with E-state index in [2.05, 4.69) is 4.98 Å². The molecule has 0 spiro atoms. The highest BCUT2D eigenvalue weighted by atomic mass is 35.5. The highest BCUT2D eigenvalue weighted by Crippen LogP contribution is 2.39. The van der Waals surface area contributed by atoms with Gasteiger partial charge in [0.05, 0.1) is 31.3 Å². The summed E-state index contributed by atoms with van der Waals surface area (Å²) in [6, 6.07) is 14.6. The second kappa shape index (κ2) is 8.81. The molecule has 0 aliphatic carbocycles. The first kappa shape index (κ1) is 23.8. The fourth-order valence-electron chi connectivity index (χ4n) is 3.21. The molecule has 0 unspecified atom stereocenters. The van der Waals surface area contributed by atoms with Crippen molar-refractivity contribution in [3.8, 4) is 26.8 Å². The number of sulfone groups is 1. The van der Waals surface area contributed by atoms with E-state index >= 15 is 0 Å². The Bertz CT molecular complexity index is 1420. The molecule has 0 aliphatic rings. The standard InChI is InChI=1S/C22H16Cl2F2N2O3S2/c1-2-33(30,31)14-6-3-5-13(11-14)17-9-10-18(32-17)21-27-19(22(25,26)29)12-28(21)20-15(23)7-4-8-16(20)24/h3-12,29H,2H2,1H3. The van der Waals surface area contributed by atoms with Gasteiger partial charge in [-0.05, 0) is 42.0 Å². The van der Waals surface area contributed by atoms with E-state index in [9.17, 15) is 22.3 Å². The minimum absolute atomic E-state index is 0.0275. The van der Waals surface area contributed by atoms with Gasteiger partial charge in [0, 0.05) is 11.1 Å². The maximum atomic E-state index is 13.7. The Morgan fingerprint density at radius 2 is 1.70 bits per heavy atom. The molecule has 4 rings (SSSR count). The van der Waals surface area contributed by atoms with Crippen molar-refractivity contribution in [3.63, 3.8) is 0 Å². The SMILES string of the molecule is CCS(=O)(=O)c1cccc(-c2ccc(-c3nc(C(O)(F)F)cn3-c3c(Cl)cccc3Cl)s2)c1. The number of halogens is 4. The fourth-order valence-corrected chi connectivity index (χ4v) is 5.71. The summed E-state index contributed by atoms with van der Waals surface area (Å²) in [5.74, 6) is 0.0719. The molecule has 0 fully saturated rings. The summed E-state index contributed by atoms with van der Waals surface area (Å²) in [7, 11) is -3.39. The Balaban J connectivity index is 1.85. The lowest BCUT2D eigenvalue weighted by atomic mass is 10.2. The van der Waals surface area contributed by atoms with E-state index in [4.69, 9.17) is 23.2 Å². The van der Waals surface area contributed by atoms with Gasteiger partial charge in [0.1, 0.15) is 0 Å². The smallest absolute Gasteiger partial charge is 0.331 e. The zero-order valence-corrected chi connectivity index (χ0v) is 20.1. The first-order valence-electron chi connectivity index (χ1n) is 9.59. The normalized spacial score (nSPS) is 12.3. The van der Waals surface area contributed by atoms with Crippen LogP contribution in [0.4, 0.5) is 8.78 Å². The third-order valence-corrected chi connectivity index (χ3v) is 8.35. The van der Waals surface area contributed by atoms with Gasteiger partial charge in [0.2, 0.25) is 0 Å². The predicted octanol–water partition coefficient (Wildman–Crippen LogP) is 6.41. The molecule has 0 saturated heterocycles. The monoisotopic (exact) mass is 528 g/mol. The van der Waals surface area contributed by atoms with E-state index in [0.29, 0.717) is 15.3 Å². The van der Waals surface area contributed by atoms with Gasteiger partial charge in [-0.15, -0.1) is 11.3 Å².